The summed E-state index contributed by atoms with van der Waals surface area (Å²) in [5.74, 6) is 0. The highest BCUT2D eigenvalue weighted by molar-refractivity contribution is 7.00. The van der Waals surface area contributed by atoms with Crippen LogP contribution in [-0.2, 0) is 21.7 Å². The van der Waals surface area contributed by atoms with Crippen molar-refractivity contribution in [2.75, 3.05) is 9.80 Å². The summed E-state index contributed by atoms with van der Waals surface area (Å²) in [6, 6.07) is 74.8. The van der Waals surface area contributed by atoms with E-state index in [9.17, 15) is 0 Å². The molecule has 0 saturated carbocycles. The fraction of sp³-hybridized carbons (Fsp3) is 0.194. The Morgan fingerprint density at radius 1 is 0.329 bits per heavy atom. The van der Waals surface area contributed by atoms with Gasteiger partial charge in [0.25, 0.3) is 6.71 Å². The summed E-state index contributed by atoms with van der Waals surface area (Å²) in [4.78, 5) is 5.24. The quantitative estimate of drug-likeness (QED) is 0.163. The van der Waals surface area contributed by atoms with Crippen LogP contribution in [0.1, 0.15) is 101 Å². The number of benzene rings is 9. The fourth-order valence-corrected chi connectivity index (χ4v) is 12.6. The zero-order chi connectivity index (χ0) is 48.1. The lowest BCUT2D eigenvalue weighted by atomic mass is 9.33. The van der Waals surface area contributed by atoms with Crippen molar-refractivity contribution in [1.29, 1.82) is 0 Å². The minimum atomic E-state index is -0.404. The highest BCUT2D eigenvalue weighted by atomic mass is 15.2. The molecule has 340 valence electrons. The van der Waals surface area contributed by atoms with Crippen molar-refractivity contribution in [3.63, 3.8) is 0 Å². The molecule has 0 unspecified atom stereocenters. The van der Waals surface area contributed by atoms with E-state index in [0.29, 0.717) is 0 Å². The second-order valence-electron chi connectivity index (χ2n) is 23.4. The predicted octanol–water partition coefficient (Wildman–Crippen LogP) is 15.7. The topological polar surface area (TPSA) is 6.48 Å². The van der Waals surface area contributed by atoms with E-state index in [4.69, 9.17) is 0 Å². The Morgan fingerprint density at radius 2 is 0.814 bits per heavy atom. The summed E-state index contributed by atoms with van der Waals surface area (Å²) in [5, 5.41) is 0. The molecule has 0 saturated heterocycles. The molecule has 2 heterocycles. The average molecular weight is 903 g/mol. The molecule has 0 radical (unpaired) electrons. The van der Waals surface area contributed by atoms with Crippen LogP contribution in [0.2, 0.25) is 0 Å². The molecule has 4 aliphatic rings. The fourth-order valence-electron chi connectivity index (χ4n) is 12.6. The zero-order valence-electron chi connectivity index (χ0n) is 41.9. The van der Waals surface area contributed by atoms with Crippen LogP contribution < -0.4 is 26.2 Å². The number of hydrogen-bond donors (Lipinski definition) is 0. The maximum atomic E-state index is 2.64. The Labute approximate surface area is 415 Å². The number of anilines is 6. The van der Waals surface area contributed by atoms with E-state index in [2.05, 4.69) is 266 Å². The minimum absolute atomic E-state index is 0.0142. The monoisotopic (exact) mass is 902 g/mol. The summed E-state index contributed by atoms with van der Waals surface area (Å²) < 4.78 is 0. The van der Waals surface area contributed by atoms with E-state index in [0.717, 1.165) is 5.69 Å². The van der Waals surface area contributed by atoms with E-state index in [-0.39, 0.29) is 23.0 Å². The van der Waals surface area contributed by atoms with E-state index >= 15 is 0 Å². The average Bonchev–Trinajstić information content (AvgIpc) is 3.82. The van der Waals surface area contributed by atoms with Crippen molar-refractivity contribution in [3.05, 3.63) is 233 Å². The first-order valence-electron chi connectivity index (χ1n) is 25.3. The summed E-state index contributed by atoms with van der Waals surface area (Å²) in [7, 11) is 0. The van der Waals surface area contributed by atoms with Gasteiger partial charge in [-0.25, -0.2) is 0 Å². The second kappa shape index (κ2) is 14.8. The van der Waals surface area contributed by atoms with E-state index in [1.807, 2.05) is 0 Å². The maximum absolute atomic E-state index is 2.64. The van der Waals surface area contributed by atoms with Gasteiger partial charge in [-0.1, -0.05) is 208 Å². The number of nitrogens with zero attached hydrogens (tertiary/aromatic N) is 2. The standard InChI is InChI=1S/C67H59BN2/c1-64(2,3)44-31-34-58-60(40-44)70(48-38-45(65(4,5)6)37-46(39-48)66(7,8)9)62-36-43(42-21-11-10-12-22-42)35-61-63(62)68(58)57-29-19-20-30-59(57)69(61)47-32-33-56-52(41-47)51-25-15-18-28-55(51)67(56)53-26-16-13-23-49(53)50-24-14-17-27-54(50)67/h10-41H,1-9H3. The maximum Gasteiger partial charge on any atom is 0.252 e. The first-order valence-corrected chi connectivity index (χ1v) is 25.3. The van der Waals surface area contributed by atoms with Crippen molar-refractivity contribution in [2.45, 2.75) is 84.0 Å². The molecule has 13 rings (SSSR count). The van der Waals surface area contributed by atoms with Gasteiger partial charge in [0.15, 0.2) is 0 Å². The first kappa shape index (κ1) is 42.7. The molecule has 1 spiro atoms. The third kappa shape index (κ3) is 6.06. The largest absolute Gasteiger partial charge is 0.311 e. The molecule has 9 aromatic rings. The zero-order valence-corrected chi connectivity index (χ0v) is 41.9. The Bertz CT molecular complexity index is 3560. The molecule has 0 amide bonds. The van der Waals surface area contributed by atoms with Crippen molar-refractivity contribution in [1.82, 2.24) is 0 Å². The van der Waals surface area contributed by atoms with Gasteiger partial charge in [-0.2, -0.15) is 0 Å². The second-order valence-corrected chi connectivity index (χ2v) is 23.4. The van der Waals surface area contributed by atoms with Crippen LogP contribution in [0.25, 0.3) is 33.4 Å². The van der Waals surface area contributed by atoms with Crippen LogP contribution in [0.5, 0.6) is 0 Å². The van der Waals surface area contributed by atoms with Crippen LogP contribution >= 0.6 is 0 Å². The summed E-state index contributed by atoms with van der Waals surface area (Å²) in [6.07, 6.45) is 0. The Kier molecular flexibility index (Phi) is 9.05. The van der Waals surface area contributed by atoms with Gasteiger partial charge >= 0.3 is 0 Å². The van der Waals surface area contributed by atoms with E-state index in [1.54, 1.807) is 0 Å². The van der Waals surface area contributed by atoms with E-state index in [1.165, 1.54) is 117 Å². The molecular weight excluding hydrogens is 844 g/mol. The van der Waals surface area contributed by atoms with Gasteiger partial charge in [-0.3, -0.25) is 0 Å². The molecule has 2 aliphatic heterocycles. The Balaban J connectivity index is 1.11. The van der Waals surface area contributed by atoms with Crippen molar-refractivity contribution in [2.24, 2.45) is 0 Å². The van der Waals surface area contributed by atoms with Gasteiger partial charge in [0.2, 0.25) is 0 Å². The molecule has 0 bridgehead atoms. The van der Waals surface area contributed by atoms with Crippen molar-refractivity contribution >= 4 is 57.2 Å². The molecule has 0 N–H and O–H groups in total. The number of fused-ring (bicyclic) bond motifs is 14. The third-order valence-electron chi connectivity index (χ3n) is 16.1. The SMILES string of the molecule is CC(C)(C)c1cc(N2c3cc(C(C)(C)C)ccc3B3c4ccccc4N(c4ccc5c(c4)-c4ccccc4C54c5ccccc5-c5ccccc54)c4cc(-c5ccccc5)cc2c43)cc(C(C)(C)C)c1. The first-order chi connectivity index (χ1) is 33.6. The molecule has 0 aromatic heterocycles. The third-order valence-corrected chi connectivity index (χ3v) is 16.1. The molecule has 9 aromatic carbocycles. The molecule has 2 aliphatic carbocycles. The van der Waals surface area contributed by atoms with Crippen LogP contribution in [0.3, 0.4) is 0 Å². The van der Waals surface area contributed by atoms with E-state index < -0.39 is 5.41 Å². The number of hydrogen-bond acceptors (Lipinski definition) is 2. The number of rotatable bonds is 3. The molecule has 3 heteroatoms. The van der Waals surface area contributed by atoms with Crippen LogP contribution in [0.4, 0.5) is 34.1 Å². The summed E-state index contributed by atoms with van der Waals surface area (Å²) >= 11 is 0. The van der Waals surface area contributed by atoms with Gasteiger partial charge < -0.3 is 9.80 Å². The smallest absolute Gasteiger partial charge is 0.252 e. The Hall–Kier alpha value is -7.36. The van der Waals surface area contributed by atoms with Crippen molar-refractivity contribution < 1.29 is 0 Å². The number of para-hydroxylation sites is 1. The summed E-state index contributed by atoms with van der Waals surface area (Å²) in [5.41, 5.74) is 27.8. The van der Waals surface area contributed by atoms with Crippen molar-refractivity contribution in [3.8, 4) is 33.4 Å². The normalized spacial score (nSPS) is 14.7. The predicted molar refractivity (Wildman–Crippen MR) is 298 cm³/mol. The van der Waals surface area contributed by atoms with Crippen LogP contribution in [-0.4, -0.2) is 6.71 Å². The van der Waals surface area contributed by atoms with Gasteiger partial charge in [0.1, 0.15) is 0 Å². The molecule has 2 nitrogen and oxygen atoms in total. The Morgan fingerprint density at radius 3 is 1.40 bits per heavy atom. The van der Waals surface area contributed by atoms with Crippen LogP contribution in [0.15, 0.2) is 194 Å². The van der Waals surface area contributed by atoms with Gasteiger partial charge in [0, 0.05) is 34.1 Å². The van der Waals surface area contributed by atoms with Gasteiger partial charge in [-0.05, 0) is 153 Å². The molecular formula is C67H59BN2. The highest BCUT2D eigenvalue weighted by Crippen LogP contribution is 2.63. The molecule has 70 heavy (non-hydrogen) atoms. The van der Waals surface area contributed by atoms with Gasteiger partial charge in [0.05, 0.1) is 5.41 Å². The molecule has 0 fully saturated rings. The van der Waals surface area contributed by atoms with Gasteiger partial charge in [-0.15, -0.1) is 0 Å². The summed E-state index contributed by atoms with van der Waals surface area (Å²) in [6.45, 7) is 21.1. The lowest BCUT2D eigenvalue weighted by Gasteiger charge is -2.45. The highest BCUT2D eigenvalue weighted by Gasteiger charge is 2.52. The lowest BCUT2D eigenvalue weighted by Crippen LogP contribution is -2.61. The lowest BCUT2D eigenvalue weighted by molar-refractivity contribution is 0.569. The minimum Gasteiger partial charge on any atom is -0.311 e. The molecule has 0 atom stereocenters. The van der Waals surface area contributed by atoms with Crippen LogP contribution in [0, 0.1) is 0 Å².